The molecule has 0 saturated carbocycles. The number of hydrogen-bond donors (Lipinski definition) is 2. The minimum absolute atomic E-state index is 0.0288. The van der Waals surface area contributed by atoms with Gasteiger partial charge in [0.25, 0.3) is 5.91 Å². The Morgan fingerprint density at radius 3 is 2.16 bits per heavy atom. The number of hydrogen-bond acceptors (Lipinski definition) is 7. The number of halogens is 6. The summed E-state index contributed by atoms with van der Waals surface area (Å²) in [5.41, 5.74) is -2.96. The van der Waals surface area contributed by atoms with Gasteiger partial charge in [-0.3, -0.25) is 14.5 Å². The number of carbonyl (C=O) groups excluding carboxylic acids is 2. The molecule has 226 valence electrons. The smallest absolute Gasteiger partial charge is 0.416 e. The predicted molar refractivity (Wildman–Crippen MR) is 153 cm³/mol. The minimum Gasteiger partial charge on any atom is -0.487 e. The van der Waals surface area contributed by atoms with E-state index in [1.807, 2.05) is 0 Å². The lowest BCUT2D eigenvalue weighted by molar-refractivity contribution is -0.143. The first-order valence-corrected chi connectivity index (χ1v) is 14.0. The number of alkyl halides is 6. The molecule has 2 aromatic carbocycles. The highest BCUT2D eigenvalue weighted by Crippen LogP contribution is 2.44. The van der Waals surface area contributed by atoms with E-state index in [2.05, 4.69) is 5.32 Å². The van der Waals surface area contributed by atoms with Gasteiger partial charge in [-0.25, -0.2) is 4.79 Å². The quantitative estimate of drug-likeness (QED) is 0.148. The summed E-state index contributed by atoms with van der Waals surface area (Å²) in [6, 6.07) is 7.99. The second-order valence-electron chi connectivity index (χ2n) is 8.86. The zero-order valence-electron chi connectivity index (χ0n) is 21.6. The van der Waals surface area contributed by atoms with E-state index in [-0.39, 0.29) is 50.0 Å². The van der Waals surface area contributed by atoms with Gasteiger partial charge in [-0.1, -0.05) is 35.3 Å². The third-order valence-corrected chi connectivity index (χ3v) is 8.35. The number of rotatable bonds is 8. The summed E-state index contributed by atoms with van der Waals surface area (Å²) in [5.74, 6) is -2.13. The van der Waals surface area contributed by atoms with E-state index in [9.17, 15) is 40.7 Å². The fourth-order valence-corrected chi connectivity index (χ4v) is 6.19. The summed E-state index contributed by atoms with van der Waals surface area (Å²) in [6.45, 7) is -0.0789. The van der Waals surface area contributed by atoms with Gasteiger partial charge in [0.1, 0.15) is 4.32 Å². The zero-order valence-corrected chi connectivity index (χ0v) is 24.1. The van der Waals surface area contributed by atoms with Gasteiger partial charge in [0.15, 0.2) is 5.06 Å². The van der Waals surface area contributed by atoms with Crippen molar-refractivity contribution in [2.24, 2.45) is 0 Å². The van der Waals surface area contributed by atoms with E-state index in [0.717, 1.165) is 23.1 Å². The van der Waals surface area contributed by atoms with E-state index < -0.39 is 41.3 Å². The molecule has 1 aliphatic rings. The molecule has 1 saturated heterocycles. The number of thiophene rings is 1. The summed E-state index contributed by atoms with van der Waals surface area (Å²) < 4.78 is 85.7. The number of methoxy groups -OCH3 is 1. The van der Waals surface area contributed by atoms with Crippen LogP contribution in [0, 0.1) is 0 Å². The highest BCUT2D eigenvalue weighted by atomic mass is 32.2. The summed E-state index contributed by atoms with van der Waals surface area (Å²) in [4.78, 5) is 38.0. The predicted octanol–water partition coefficient (Wildman–Crippen LogP) is 7.39. The van der Waals surface area contributed by atoms with Gasteiger partial charge in [0.05, 0.1) is 28.7 Å². The maximum absolute atomic E-state index is 13.4. The molecule has 3 aromatic rings. The number of carboxylic acids is 1. The average Bonchev–Trinajstić information content (AvgIpc) is 3.46. The monoisotopic (exact) mass is 660 g/mol. The largest absolute Gasteiger partial charge is 0.487 e. The lowest BCUT2D eigenvalue weighted by atomic mass is 10.0. The van der Waals surface area contributed by atoms with Crippen LogP contribution in [0.5, 0.6) is 5.06 Å². The number of benzene rings is 2. The van der Waals surface area contributed by atoms with Crippen LogP contribution in [0.4, 0.5) is 32.0 Å². The van der Waals surface area contributed by atoms with Crippen LogP contribution < -0.4 is 10.1 Å². The molecule has 16 heteroatoms. The van der Waals surface area contributed by atoms with E-state index in [1.165, 1.54) is 48.4 Å². The second-order valence-corrected chi connectivity index (χ2v) is 11.6. The maximum Gasteiger partial charge on any atom is 0.416 e. The van der Waals surface area contributed by atoms with Gasteiger partial charge in [0, 0.05) is 29.1 Å². The summed E-state index contributed by atoms with van der Waals surface area (Å²) in [5, 5.41) is 11.6. The van der Waals surface area contributed by atoms with Crippen LogP contribution in [0.1, 0.15) is 32.8 Å². The van der Waals surface area contributed by atoms with Crippen LogP contribution in [-0.4, -0.2) is 45.8 Å². The molecule has 0 spiro atoms. The first kappa shape index (κ1) is 32.0. The number of carbonyl (C=O) groups is 3. The molecule has 2 heterocycles. The molecule has 1 aliphatic heterocycles. The standard InChI is InChI=1S/C27H18F6N2O5S3/c1-40-24-19(14-8-15(26(28,29)30)10-16(9-14)27(31,32)33)11-18(42-24)12-20-22(37)35(25(41)43-20)7-6-21(36)34-17-4-2-13(3-5-17)23(38)39/h2-5,8-12H,6-7H2,1H3,(H,34,36)(H,38,39). The van der Waals surface area contributed by atoms with Crippen molar-refractivity contribution in [2.75, 3.05) is 19.0 Å². The lowest BCUT2D eigenvalue weighted by Crippen LogP contribution is -2.31. The number of thioether (sulfide) groups is 1. The van der Waals surface area contributed by atoms with Crippen LogP contribution >= 0.6 is 35.3 Å². The van der Waals surface area contributed by atoms with E-state index in [1.54, 1.807) is 0 Å². The van der Waals surface area contributed by atoms with Gasteiger partial charge in [-0.05, 0) is 60.2 Å². The highest BCUT2D eigenvalue weighted by molar-refractivity contribution is 8.26. The molecular weight excluding hydrogens is 642 g/mol. The number of ether oxygens (including phenoxy) is 1. The third kappa shape index (κ3) is 7.55. The number of nitrogens with zero attached hydrogens (tertiary/aromatic N) is 1. The molecule has 0 aliphatic carbocycles. The summed E-state index contributed by atoms with van der Waals surface area (Å²) >= 11 is 7.09. The average molecular weight is 661 g/mol. The topological polar surface area (TPSA) is 95.9 Å². The van der Waals surface area contributed by atoms with Crippen LogP contribution in [0.2, 0.25) is 0 Å². The van der Waals surface area contributed by atoms with Crippen molar-refractivity contribution in [2.45, 2.75) is 18.8 Å². The Bertz CT molecular complexity index is 1600. The minimum atomic E-state index is -5.03. The molecule has 0 bridgehead atoms. The lowest BCUT2D eigenvalue weighted by Gasteiger charge is -2.14. The van der Waals surface area contributed by atoms with Gasteiger partial charge >= 0.3 is 18.3 Å². The third-order valence-electron chi connectivity index (χ3n) is 5.93. The molecular formula is C27H18F6N2O5S3. The van der Waals surface area contributed by atoms with E-state index in [0.29, 0.717) is 22.7 Å². The Morgan fingerprint density at radius 2 is 1.63 bits per heavy atom. The first-order valence-electron chi connectivity index (χ1n) is 11.9. The van der Waals surface area contributed by atoms with Crippen molar-refractivity contribution in [1.82, 2.24) is 4.90 Å². The molecule has 0 radical (unpaired) electrons. The number of aromatic carboxylic acids is 1. The van der Waals surface area contributed by atoms with Crippen molar-refractivity contribution in [1.29, 1.82) is 0 Å². The Balaban J connectivity index is 1.52. The molecule has 4 rings (SSSR count). The van der Waals surface area contributed by atoms with Crippen molar-refractivity contribution < 1.29 is 50.6 Å². The zero-order chi connectivity index (χ0) is 31.7. The Kier molecular flexibility index (Phi) is 9.22. The number of anilines is 1. The van der Waals surface area contributed by atoms with Gasteiger partial charge in [-0.15, -0.1) is 0 Å². The number of nitrogens with one attached hydrogen (secondary N) is 1. The molecule has 7 nitrogen and oxygen atoms in total. The SMILES string of the molecule is COc1sc(C=C2SC(=S)N(CCC(=O)Nc3ccc(C(=O)O)cc3)C2=O)cc1-c1cc(C(F)(F)F)cc(C(F)(F)F)c1. The molecule has 1 aromatic heterocycles. The number of thiocarbonyl (C=S) groups is 1. The molecule has 2 N–H and O–H groups in total. The summed E-state index contributed by atoms with van der Waals surface area (Å²) in [6.07, 6.45) is -8.82. The van der Waals surface area contributed by atoms with Crippen molar-refractivity contribution in [3.63, 3.8) is 0 Å². The molecule has 2 amide bonds. The van der Waals surface area contributed by atoms with Crippen molar-refractivity contribution in [3.8, 4) is 16.2 Å². The summed E-state index contributed by atoms with van der Waals surface area (Å²) in [7, 11) is 1.21. The van der Waals surface area contributed by atoms with E-state index >= 15 is 0 Å². The van der Waals surface area contributed by atoms with Gasteiger partial charge < -0.3 is 15.2 Å². The number of amides is 2. The maximum atomic E-state index is 13.4. The Labute approximate surface area is 253 Å². The normalized spacial score (nSPS) is 14.9. The molecule has 0 unspecified atom stereocenters. The Hall–Kier alpha value is -3.89. The fourth-order valence-electron chi connectivity index (χ4n) is 3.88. The molecule has 1 fully saturated rings. The van der Waals surface area contributed by atoms with Crippen LogP contribution in [0.15, 0.2) is 53.4 Å². The molecule has 43 heavy (non-hydrogen) atoms. The second kappa shape index (κ2) is 12.4. The van der Waals surface area contributed by atoms with E-state index in [4.69, 9.17) is 22.1 Å². The highest BCUT2D eigenvalue weighted by Gasteiger charge is 2.37. The molecule has 0 atom stereocenters. The van der Waals surface area contributed by atoms with Crippen LogP contribution in [0.3, 0.4) is 0 Å². The Morgan fingerprint density at radius 1 is 1.02 bits per heavy atom. The first-order chi connectivity index (χ1) is 20.1. The van der Waals surface area contributed by atoms with Gasteiger partial charge in [-0.2, -0.15) is 26.3 Å². The van der Waals surface area contributed by atoms with Crippen molar-refractivity contribution in [3.05, 3.63) is 75.0 Å². The van der Waals surface area contributed by atoms with Crippen LogP contribution in [0.25, 0.3) is 17.2 Å². The fraction of sp³-hybridized carbons (Fsp3) is 0.185. The number of carboxylic acid groups (broad SMARTS) is 1. The van der Waals surface area contributed by atoms with Crippen LogP contribution in [-0.2, 0) is 21.9 Å². The van der Waals surface area contributed by atoms with Gasteiger partial charge in [0.2, 0.25) is 5.91 Å². The van der Waals surface area contributed by atoms with Crippen molar-refractivity contribution >= 4 is 69.2 Å².